The molecule has 3 atom stereocenters. The summed E-state index contributed by atoms with van der Waals surface area (Å²) in [5.41, 5.74) is 2.14. The SMILES string of the molecule is C/C=C/[C@@H](C(O)C(=O)O)N(Cc1ccccc1)[C@@H](C)c1ccccc1. The molecule has 2 aromatic carbocycles. The van der Waals surface area contributed by atoms with E-state index in [-0.39, 0.29) is 6.04 Å². The van der Waals surface area contributed by atoms with E-state index >= 15 is 0 Å². The molecule has 0 spiro atoms. The van der Waals surface area contributed by atoms with Crippen molar-refractivity contribution in [2.45, 2.75) is 38.6 Å². The second-order valence-electron chi connectivity index (χ2n) is 6.04. The zero-order chi connectivity index (χ0) is 18.2. The van der Waals surface area contributed by atoms with Crippen molar-refractivity contribution < 1.29 is 15.0 Å². The second kappa shape index (κ2) is 9.16. The van der Waals surface area contributed by atoms with Gasteiger partial charge in [0.2, 0.25) is 0 Å². The molecule has 0 heterocycles. The fourth-order valence-electron chi connectivity index (χ4n) is 2.96. The summed E-state index contributed by atoms with van der Waals surface area (Å²) >= 11 is 0. The Labute approximate surface area is 149 Å². The molecule has 0 saturated heterocycles. The maximum absolute atomic E-state index is 11.4. The minimum atomic E-state index is -1.49. The fourth-order valence-corrected chi connectivity index (χ4v) is 2.96. The molecular formula is C21H25NO3. The molecule has 0 aromatic heterocycles. The van der Waals surface area contributed by atoms with Gasteiger partial charge in [-0.2, -0.15) is 0 Å². The van der Waals surface area contributed by atoms with Gasteiger partial charge in [-0.05, 0) is 25.0 Å². The van der Waals surface area contributed by atoms with Gasteiger partial charge in [0.05, 0.1) is 6.04 Å². The van der Waals surface area contributed by atoms with Gasteiger partial charge < -0.3 is 10.2 Å². The Hall–Kier alpha value is -2.43. The van der Waals surface area contributed by atoms with Crippen molar-refractivity contribution in [3.63, 3.8) is 0 Å². The van der Waals surface area contributed by atoms with Crippen LogP contribution in [0.5, 0.6) is 0 Å². The van der Waals surface area contributed by atoms with Crippen LogP contribution in [0.4, 0.5) is 0 Å². The summed E-state index contributed by atoms with van der Waals surface area (Å²) < 4.78 is 0. The van der Waals surface area contributed by atoms with Crippen molar-refractivity contribution in [2.75, 3.05) is 0 Å². The largest absolute Gasteiger partial charge is 0.479 e. The van der Waals surface area contributed by atoms with E-state index in [1.165, 1.54) is 0 Å². The van der Waals surface area contributed by atoms with Gasteiger partial charge in [0, 0.05) is 12.6 Å². The Morgan fingerprint density at radius 3 is 2.16 bits per heavy atom. The Morgan fingerprint density at radius 1 is 1.08 bits per heavy atom. The molecule has 2 aromatic rings. The average Bonchev–Trinajstić information content (AvgIpc) is 2.65. The minimum absolute atomic E-state index is 0.0587. The van der Waals surface area contributed by atoms with Crippen molar-refractivity contribution >= 4 is 5.97 Å². The normalized spacial score (nSPS) is 15.2. The quantitative estimate of drug-likeness (QED) is 0.721. The molecule has 2 N–H and O–H groups in total. The molecule has 0 aliphatic carbocycles. The van der Waals surface area contributed by atoms with Crippen LogP contribution in [-0.2, 0) is 11.3 Å². The van der Waals surface area contributed by atoms with E-state index in [9.17, 15) is 15.0 Å². The predicted octanol–water partition coefficient (Wildman–Crippen LogP) is 3.64. The van der Waals surface area contributed by atoms with Crippen LogP contribution in [0.25, 0.3) is 0 Å². The number of nitrogens with zero attached hydrogens (tertiary/aromatic N) is 1. The Bertz CT molecular complexity index is 685. The van der Waals surface area contributed by atoms with Crippen LogP contribution in [0.1, 0.15) is 31.0 Å². The lowest BCUT2D eigenvalue weighted by atomic mass is 10.00. The van der Waals surface area contributed by atoms with E-state index in [1.807, 2.05) is 79.4 Å². The first-order valence-corrected chi connectivity index (χ1v) is 8.43. The number of carbonyl (C=O) groups is 1. The number of aliphatic carboxylic acids is 1. The van der Waals surface area contributed by atoms with E-state index in [2.05, 4.69) is 0 Å². The predicted molar refractivity (Wildman–Crippen MR) is 99.1 cm³/mol. The summed E-state index contributed by atoms with van der Waals surface area (Å²) in [7, 11) is 0. The number of carboxylic acid groups (broad SMARTS) is 1. The molecule has 0 radical (unpaired) electrons. The molecular weight excluding hydrogens is 314 g/mol. The van der Waals surface area contributed by atoms with Crippen molar-refractivity contribution in [1.82, 2.24) is 4.90 Å². The van der Waals surface area contributed by atoms with Crippen molar-refractivity contribution in [3.8, 4) is 0 Å². The molecule has 4 nitrogen and oxygen atoms in total. The summed E-state index contributed by atoms with van der Waals surface area (Å²) in [4.78, 5) is 13.4. The minimum Gasteiger partial charge on any atom is -0.479 e. The monoisotopic (exact) mass is 339 g/mol. The van der Waals surface area contributed by atoms with Crippen molar-refractivity contribution in [1.29, 1.82) is 0 Å². The standard InChI is InChI=1S/C21H25NO3/c1-3-10-19(20(23)21(24)25)22(15-17-11-6-4-7-12-17)16(2)18-13-8-5-9-14-18/h3-14,16,19-20,23H,15H2,1-2H3,(H,24,25)/b10-3+/t16-,19-,20?/m0/s1. The van der Waals surface area contributed by atoms with Crippen LogP contribution in [0.3, 0.4) is 0 Å². The third-order valence-electron chi connectivity index (χ3n) is 4.34. The zero-order valence-electron chi connectivity index (χ0n) is 14.6. The van der Waals surface area contributed by atoms with E-state index < -0.39 is 18.1 Å². The topological polar surface area (TPSA) is 60.8 Å². The molecule has 2 rings (SSSR count). The first-order chi connectivity index (χ1) is 12.0. The maximum atomic E-state index is 11.4. The third kappa shape index (κ3) is 5.02. The van der Waals surface area contributed by atoms with Gasteiger partial charge in [-0.1, -0.05) is 72.8 Å². The highest BCUT2D eigenvalue weighted by Gasteiger charge is 2.32. The smallest absolute Gasteiger partial charge is 0.334 e. The Kier molecular flexibility index (Phi) is 6.92. The number of hydrogen-bond donors (Lipinski definition) is 2. The van der Waals surface area contributed by atoms with Gasteiger partial charge in [-0.25, -0.2) is 4.79 Å². The molecule has 0 aliphatic rings. The fraction of sp³-hybridized carbons (Fsp3) is 0.286. The van der Waals surface area contributed by atoms with Crippen LogP contribution < -0.4 is 0 Å². The van der Waals surface area contributed by atoms with Gasteiger partial charge in [-0.15, -0.1) is 0 Å². The van der Waals surface area contributed by atoms with Gasteiger partial charge in [-0.3, -0.25) is 4.90 Å². The van der Waals surface area contributed by atoms with E-state index in [0.29, 0.717) is 6.54 Å². The lowest BCUT2D eigenvalue weighted by Gasteiger charge is -2.36. The summed E-state index contributed by atoms with van der Waals surface area (Å²) in [5.74, 6) is -1.22. The lowest BCUT2D eigenvalue weighted by Crippen LogP contribution is -2.46. The number of rotatable bonds is 8. The van der Waals surface area contributed by atoms with Gasteiger partial charge in [0.15, 0.2) is 6.10 Å². The summed E-state index contributed by atoms with van der Waals surface area (Å²) in [6, 6.07) is 19.1. The molecule has 0 saturated carbocycles. The number of hydrogen-bond acceptors (Lipinski definition) is 3. The van der Waals surface area contributed by atoms with Gasteiger partial charge >= 0.3 is 5.97 Å². The molecule has 0 bridgehead atoms. The van der Waals surface area contributed by atoms with E-state index in [4.69, 9.17) is 0 Å². The summed E-state index contributed by atoms with van der Waals surface area (Å²) in [6.07, 6.45) is 2.04. The van der Waals surface area contributed by atoms with Crippen molar-refractivity contribution in [2.24, 2.45) is 0 Å². The highest BCUT2D eigenvalue weighted by molar-refractivity contribution is 5.73. The molecule has 0 aliphatic heterocycles. The third-order valence-corrected chi connectivity index (χ3v) is 4.34. The van der Waals surface area contributed by atoms with E-state index in [1.54, 1.807) is 12.2 Å². The first-order valence-electron chi connectivity index (χ1n) is 8.43. The number of carboxylic acids is 1. The highest BCUT2D eigenvalue weighted by Crippen LogP contribution is 2.27. The van der Waals surface area contributed by atoms with Crippen LogP contribution in [-0.4, -0.2) is 33.2 Å². The van der Waals surface area contributed by atoms with Crippen LogP contribution in [0.2, 0.25) is 0 Å². The summed E-state index contributed by atoms with van der Waals surface area (Å²) in [6.45, 7) is 4.40. The van der Waals surface area contributed by atoms with Gasteiger partial charge in [0.1, 0.15) is 0 Å². The molecule has 4 heteroatoms. The number of aliphatic hydroxyl groups excluding tert-OH is 1. The second-order valence-corrected chi connectivity index (χ2v) is 6.04. The van der Waals surface area contributed by atoms with Crippen molar-refractivity contribution in [3.05, 3.63) is 83.9 Å². The van der Waals surface area contributed by atoms with E-state index in [0.717, 1.165) is 11.1 Å². The Morgan fingerprint density at radius 2 is 1.64 bits per heavy atom. The molecule has 25 heavy (non-hydrogen) atoms. The first kappa shape index (κ1) is 18.9. The average molecular weight is 339 g/mol. The lowest BCUT2D eigenvalue weighted by molar-refractivity contribution is -0.150. The maximum Gasteiger partial charge on any atom is 0.334 e. The van der Waals surface area contributed by atoms with Gasteiger partial charge in [0.25, 0.3) is 0 Å². The molecule has 132 valence electrons. The molecule has 1 unspecified atom stereocenters. The number of allylic oxidation sites excluding steroid dienone is 1. The van der Waals surface area contributed by atoms with Crippen LogP contribution >= 0.6 is 0 Å². The summed E-state index contributed by atoms with van der Waals surface area (Å²) in [5, 5.41) is 19.6. The molecule has 0 fully saturated rings. The van der Waals surface area contributed by atoms with Crippen LogP contribution in [0, 0.1) is 0 Å². The van der Waals surface area contributed by atoms with Crippen LogP contribution in [0.15, 0.2) is 72.8 Å². The molecule has 0 amide bonds. The number of aliphatic hydroxyl groups is 1. The number of benzene rings is 2. The zero-order valence-corrected chi connectivity index (χ0v) is 14.6. The Balaban J connectivity index is 2.40. The highest BCUT2D eigenvalue weighted by atomic mass is 16.4.